The summed E-state index contributed by atoms with van der Waals surface area (Å²) >= 11 is 0.991. The Bertz CT molecular complexity index is 539. The molecule has 1 saturated heterocycles. The second-order valence-corrected chi connectivity index (χ2v) is 6.54. The number of hydrogen-bond acceptors (Lipinski definition) is 5. The smallest absolute Gasteiger partial charge is 0.324 e. The fourth-order valence-electron chi connectivity index (χ4n) is 3.07. The first kappa shape index (κ1) is 13.5. The van der Waals surface area contributed by atoms with E-state index >= 15 is 0 Å². The van der Waals surface area contributed by atoms with Crippen LogP contribution in [0.1, 0.15) is 42.5 Å². The summed E-state index contributed by atoms with van der Waals surface area (Å²) in [5.41, 5.74) is 0.625. The summed E-state index contributed by atoms with van der Waals surface area (Å²) < 4.78 is 0. The number of piperidine rings is 1. The molecular weight excluding hydrogens is 278 g/mol. The minimum Gasteiger partial charge on any atom is -0.349 e. The van der Waals surface area contributed by atoms with E-state index in [0.717, 1.165) is 30.7 Å². The third-order valence-electron chi connectivity index (χ3n) is 4.30. The van der Waals surface area contributed by atoms with E-state index in [0.29, 0.717) is 5.56 Å². The lowest BCUT2D eigenvalue weighted by Crippen LogP contribution is -2.59. The van der Waals surface area contributed by atoms with E-state index in [4.69, 9.17) is 0 Å². The van der Waals surface area contributed by atoms with Gasteiger partial charge >= 0.3 is 5.00 Å². The molecule has 108 valence electrons. The Morgan fingerprint density at radius 2 is 2.35 bits per heavy atom. The number of nitrogens with zero attached hydrogens (tertiary/aromatic N) is 1. The fraction of sp³-hybridized carbons (Fsp3) is 0.615. The number of carbonyl (C=O) groups excluding carboxylic acids is 1. The van der Waals surface area contributed by atoms with E-state index < -0.39 is 4.92 Å². The zero-order valence-corrected chi connectivity index (χ0v) is 11.9. The Balaban J connectivity index is 1.61. The summed E-state index contributed by atoms with van der Waals surface area (Å²) in [6.07, 6.45) is 5.50. The highest BCUT2D eigenvalue weighted by Crippen LogP contribution is 2.38. The number of carbonyl (C=O) groups is 1. The van der Waals surface area contributed by atoms with Gasteiger partial charge in [0.15, 0.2) is 0 Å². The van der Waals surface area contributed by atoms with Gasteiger partial charge in [-0.1, -0.05) is 11.3 Å². The second kappa shape index (κ2) is 5.14. The SMILES string of the molecule is O=C(NC1CCNC2(CCC2)C1)c1csc([N+](=O)[O-])c1. The van der Waals surface area contributed by atoms with Gasteiger partial charge < -0.3 is 10.6 Å². The van der Waals surface area contributed by atoms with Gasteiger partial charge in [-0.25, -0.2) is 0 Å². The van der Waals surface area contributed by atoms with Crippen molar-refractivity contribution in [1.29, 1.82) is 0 Å². The molecule has 1 aromatic rings. The third kappa shape index (κ3) is 2.55. The summed E-state index contributed by atoms with van der Waals surface area (Å²) in [4.78, 5) is 22.3. The summed E-state index contributed by atoms with van der Waals surface area (Å²) in [6.45, 7) is 0.925. The van der Waals surface area contributed by atoms with Crippen LogP contribution in [0.4, 0.5) is 5.00 Å². The van der Waals surface area contributed by atoms with E-state index in [-0.39, 0.29) is 22.5 Å². The molecule has 2 N–H and O–H groups in total. The largest absolute Gasteiger partial charge is 0.349 e. The Morgan fingerprint density at radius 3 is 2.95 bits per heavy atom. The molecule has 1 spiro atoms. The second-order valence-electron chi connectivity index (χ2n) is 5.65. The molecule has 0 aromatic carbocycles. The lowest BCUT2D eigenvalue weighted by Gasteiger charge is -2.48. The van der Waals surface area contributed by atoms with Crippen LogP contribution in [-0.4, -0.2) is 29.0 Å². The van der Waals surface area contributed by atoms with Gasteiger partial charge in [-0.3, -0.25) is 14.9 Å². The standard InChI is InChI=1S/C13H17N3O3S/c17-12(9-6-11(16(18)19)20-8-9)15-10-2-5-14-13(7-10)3-1-4-13/h6,8,10,14H,1-5,7H2,(H,15,17). The number of rotatable bonds is 3. The van der Waals surface area contributed by atoms with Crippen LogP contribution in [0.3, 0.4) is 0 Å². The van der Waals surface area contributed by atoms with Gasteiger partial charge in [-0.05, 0) is 38.6 Å². The Kier molecular flexibility index (Phi) is 3.47. The molecule has 2 heterocycles. The van der Waals surface area contributed by atoms with Gasteiger partial charge in [0.25, 0.3) is 5.91 Å². The average Bonchev–Trinajstić information content (AvgIpc) is 2.87. The first-order valence-corrected chi connectivity index (χ1v) is 7.75. The van der Waals surface area contributed by atoms with Gasteiger partial charge in [0.2, 0.25) is 0 Å². The molecule has 1 amide bonds. The van der Waals surface area contributed by atoms with Gasteiger partial charge in [0.1, 0.15) is 0 Å². The number of nitro groups is 1. The monoisotopic (exact) mass is 295 g/mol. The predicted molar refractivity (Wildman–Crippen MR) is 76.0 cm³/mol. The highest BCUT2D eigenvalue weighted by Gasteiger charge is 2.41. The first-order chi connectivity index (χ1) is 9.58. The maximum atomic E-state index is 12.1. The summed E-state index contributed by atoms with van der Waals surface area (Å²) in [6, 6.07) is 1.52. The molecule has 2 aliphatic rings. The molecule has 7 heteroatoms. The molecule has 1 aromatic heterocycles. The molecule has 1 atom stereocenters. The minimum atomic E-state index is -0.463. The number of hydrogen-bond donors (Lipinski definition) is 2. The van der Waals surface area contributed by atoms with Crippen LogP contribution in [0.2, 0.25) is 0 Å². The van der Waals surface area contributed by atoms with Crippen LogP contribution in [0.25, 0.3) is 0 Å². The molecule has 0 bridgehead atoms. The third-order valence-corrected chi connectivity index (χ3v) is 5.18. The number of nitrogens with one attached hydrogen (secondary N) is 2. The highest BCUT2D eigenvalue weighted by molar-refractivity contribution is 7.13. The summed E-state index contributed by atoms with van der Waals surface area (Å²) in [7, 11) is 0. The van der Waals surface area contributed by atoms with E-state index in [2.05, 4.69) is 10.6 Å². The van der Waals surface area contributed by atoms with Crippen molar-refractivity contribution in [3.8, 4) is 0 Å². The molecule has 1 saturated carbocycles. The molecule has 2 fully saturated rings. The first-order valence-electron chi connectivity index (χ1n) is 6.87. The summed E-state index contributed by atoms with van der Waals surface area (Å²) in [5, 5.41) is 18.8. The normalized spacial score (nSPS) is 24.1. The fourth-order valence-corrected chi connectivity index (χ4v) is 3.78. The molecular formula is C13H17N3O3S. The quantitative estimate of drug-likeness (QED) is 0.660. The zero-order valence-electron chi connectivity index (χ0n) is 11.1. The van der Waals surface area contributed by atoms with Crippen molar-refractivity contribution in [3.05, 3.63) is 27.1 Å². The highest BCUT2D eigenvalue weighted by atomic mass is 32.1. The predicted octanol–water partition coefficient (Wildman–Crippen LogP) is 2.06. The molecule has 20 heavy (non-hydrogen) atoms. The molecule has 1 aliphatic carbocycles. The Hall–Kier alpha value is -1.47. The van der Waals surface area contributed by atoms with Gasteiger partial charge in [-0.15, -0.1) is 0 Å². The van der Waals surface area contributed by atoms with Crippen molar-refractivity contribution in [2.24, 2.45) is 0 Å². The Morgan fingerprint density at radius 1 is 1.55 bits per heavy atom. The number of amides is 1. The van der Waals surface area contributed by atoms with Gasteiger partial charge in [-0.2, -0.15) is 0 Å². The van der Waals surface area contributed by atoms with Crippen molar-refractivity contribution in [2.75, 3.05) is 6.54 Å². The number of thiophene rings is 1. The van der Waals surface area contributed by atoms with Crippen LogP contribution in [0.5, 0.6) is 0 Å². The van der Waals surface area contributed by atoms with E-state index in [1.54, 1.807) is 5.38 Å². The molecule has 3 rings (SSSR count). The average molecular weight is 295 g/mol. The molecule has 1 aliphatic heterocycles. The lowest BCUT2D eigenvalue weighted by molar-refractivity contribution is -0.380. The van der Waals surface area contributed by atoms with E-state index in [1.165, 1.54) is 25.3 Å². The molecule has 0 radical (unpaired) electrons. The van der Waals surface area contributed by atoms with Crippen molar-refractivity contribution in [2.45, 2.75) is 43.7 Å². The Labute approximate surface area is 120 Å². The van der Waals surface area contributed by atoms with E-state index in [9.17, 15) is 14.9 Å². The maximum Gasteiger partial charge on any atom is 0.324 e. The van der Waals surface area contributed by atoms with Crippen molar-refractivity contribution < 1.29 is 9.72 Å². The molecule has 1 unspecified atom stereocenters. The van der Waals surface area contributed by atoms with E-state index in [1.807, 2.05) is 0 Å². The van der Waals surface area contributed by atoms with Crippen LogP contribution in [-0.2, 0) is 0 Å². The lowest BCUT2D eigenvalue weighted by atomic mass is 9.70. The van der Waals surface area contributed by atoms with Crippen LogP contribution in [0.15, 0.2) is 11.4 Å². The molecule has 6 nitrogen and oxygen atoms in total. The zero-order chi connectivity index (χ0) is 14.2. The van der Waals surface area contributed by atoms with Crippen LogP contribution >= 0.6 is 11.3 Å². The van der Waals surface area contributed by atoms with Gasteiger partial charge in [0.05, 0.1) is 10.5 Å². The van der Waals surface area contributed by atoms with Crippen molar-refractivity contribution in [1.82, 2.24) is 10.6 Å². The van der Waals surface area contributed by atoms with Crippen molar-refractivity contribution in [3.63, 3.8) is 0 Å². The van der Waals surface area contributed by atoms with Crippen LogP contribution < -0.4 is 10.6 Å². The topological polar surface area (TPSA) is 84.3 Å². The minimum absolute atomic E-state index is 0.0101. The van der Waals surface area contributed by atoms with Crippen LogP contribution in [0, 0.1) is 10.1 Å². The summed E-state index contributed by atoms with van der Waals surface area (Å²) in [5.74, 6) is -0.198. The van der Waals surface area contributed by atoms with Gasteiger partial charge in [0, 0.05) is 23.0 Å². The maximum absolute atomic E-state index is 12.1. The van der Waals surface area contributed by atoms with Crippen molar-refractivity contribution >= 4 is 22.2 Å².